The minimum atomic E-state index is -0.0269. The second-order valence-corrected chi connectivity index (χ2v) is 6.90. The lowest BCUT2D eigenvalue weighted by Crippen LogP contribution is -2.46. The van der Waals surface area contributed by atoms with Gasteiger partial charge in [0, 0.05) is 37.2 Å². The minimum Gasteiger partial charge on any atom is -0.489 e. The fourth-order valence-corrected chi connectivity index (χ4v) is 2.96. The predicted octanol–water partition coefficient (Wildman–Crippen LogP) is 2.06. The maximum Gasteiger partial charge on any atom is 0.191 e. The SMILES string of the molecule is CN=C(NCC(C)Oc1ccc(Cl)cc1)NCC1(CCO)CCOC1. The van der Waals surface area contributed by atoms with Gasteiger partial charge in [0.2, 0.25) is 0 Å². The van der Waals surface area contributed by atoms with Gasteiger partial charge in [-0.2, -0.15) is 0 Å². The quantitative estimate of drug-likeness (QED) is 0.483. The van der Waals surface area contributed by atoms with E-state index in [-0.39, 0.29) is 18.1 Å². The molecule has 0 bridgehead atoms. The van der Waals surface area contributed by atoms with Gasteiger partial charge in [0.1, 0.15) is 11.9 Å². The number of hydrogen-bond acceptors (Lipinski definition) is 4. The summed E-state index contributed by atoms with van der Waals surface area (Å²) in [6.07, 6.45) is 1.65. The molecule has 0 aliphatic carbocycles. The molecule has 0 spiro atoms. The van der Waals surface area contributed by atoms with Gasteiger partial charge >= 0.3 is 0 Å². The molecule has 1 aliphatic heterocycles. The zero-order valence-corrected chi connectivity index (χ0v) is 15.7. The van der Waals surface area contributed by atoms with Crippen molar-refractivity contribution in [3.05, 3.63) is 29.3 Å². The van der Waals surface area contributed by atoms with E-state index in [0.29, 0.717) is 18.2 Å². The lowest BCUT2D eigenvalue weighted by Gasteiger charge is -2.28. The largest absolute Gasteiger partial charge is 0.489 e. The normalized spacial score (nSPS) is 21.8. The van der Waals surface area contributed by atoms with E-state index in [1.807, 2.05) is 31.2 Å². The number of guanidine groups is 1. The van der Waals surface area contributed by atoms with Crippen LogP contribution < -0.4 is 15.4 Å². The van der Waals surface area contributed by atoms with Gasteiger partial charge in [-0.15, -0.1) is 0 Å². The van der Waals surface area contributed by atoms with Gasteiger partial charge in [-0.1, -0.05) is 11.6 Å². The molecule has 7 heteroatoms. The van der Waals surface area contributed by atoms with E-state index >= 15 is 0 Å². The second-order valence-electron chi connectivity index (χ2n) is 6.47. The first-order valence-electron chi connectivity index (χ1n) is 8.62. The van der Waals surface area contributed by atoms with Gasteiger partial charge in [0.15, 0.2) is 5.96 Å². The topological polar surface area (TPSA) is 75.1 Å². The van der Waals surface area contributed by atoms with E-state index in [9.17, 15) is 5.11 Å². The molecule has 0 radical (unpaired) electrons. The third-order valence-electron chi connectivity index (χ3n) is 4.39. The van der Waals surface area contributed by atoms with E-state index in [4.69, 9.17) is 21.1 Å². The first-order valence-corrected chi connectivity index (χ1v) is 9.00. The van der Waals surface area contributed by atoms with Crippen molar-refractivity contribution in [1.82, 2.24) is 10.6 Å². The lowest BCUT2D eigenvalue weighted by atomic mass is 9.84. The van der Waals surface area contributed by atoms with Crippen LogP contribution in [0.1, 0.15) is 19.8 Å². The van der Waals surface area contributed by atoms with Gasteiger partial charge in [0.05, 0.1) is 13.2 Å². The molecule has 1 saturated heterocycles. The van der Waals surface area contributed by atoms with Gasteiger partial charge in [-0.3, -0.25) is 4.99 Å². The lowest BCUT2D eigenvalue weighted by molar-refractivity contribution is 0.127. The number of aliphatic imine (C=N–C) groups is 1. The molecule has 3 N–H and O–H groups in total. The third kappa shape index (κ3) is 6.38. The summed E-state index contributed by atoms with van der Waals surface area (Å²) in [5.74, 6) is 1.50. The summed E-state index contributed by atoms with van der Waals surface area (Å²) < 4.78 is 11.4. The van der Waals surface area contributed by atoms with Crippen LogP contribution in [0.25, 0.3) is 0 Å². The highest BCUT2D eigenvalue weighted by atomic mass is 35.5. The van der Waals surface area contributed by atoms with E-state index in [2.05, 4.69) is 15.6 Å². The Labute approximate surface area is 154 Å². The summed E-state index contributed by atoms with van der Waals surface area (Å²) in [5, 5.41) is 16.6. The summed E-state index contributed by atoms with van der Waals surface area (Å²) in [4.78, 5) is 4.25. The van der Waals surface area contributed by atoms with Crippen molar-refractivity contribution < 1.29 is 14.6 Å². The molecule has 1 aliphatic rings. The number of nitrogens with zero attached hydrogens (tertiary/aromatic N) is 1. The molecular formula is C18H28ClN3O3. The monoisotopic (exact) mass is 369 g/mol. The first-order chi connectivity index (χ1) is 12.1. The molecule has 2 rings (SSSR count). The Balaban J connectivity index is 1.76. The molecule has 2 atom stereocenters. The Morgan fingerprint density at radius 3 is 2.76 bits per heavy atom. The third-order valence-corrected chi connectivity index (χ3v) is 4.64. The van der Waals surface area contributed by atoms with Crippen molar-refractivity contribution in [2.75, 3.05) is 40.0 Å². The highest BCUT2D eigenvalue weighted by molar-refractivity contribution is 6.30. The summed E-state index contributed by atoms with van der Waals surface area (Å²) in [6, 6.07) is 7.32. The number of nitrogens with one attached hydrogen (secondary N) is 2. The van der Waals surface area contributed by atoms with Crippen LogP contribution in [0.5, 0.6) is 5.75 Å². The van der Waals surface area contributed by atoms with Crippen molar-refractivity contribution in [3.8, 4) is 5.75 Å². The maximum atomic E-state index is 9.29. The standard InChI is InChI=1S/C18H28ClN3O3/c1-14(25-16-5-3-15(19)4-6-16)11-21-17(20-2)22-12-18(7-9-23)8-10-24-13-18/h3-6,14,23H,7-13H2,1-2H3,(H2,20,21,22). The number of halogens is 1. The summed E-state index contributed by atoms with van der Waals surface area (Å²) in [5.41, 5.74) is -0.0161. The van der Waals surface area contributed by atoms with Crippen LogP contribution in [0.4, 0.5) is 0 Å². The minimum absolute atomic E-state index is 0.0161. The average molecular weight is 370 g/mol. The molecule has 2 unspecified atom stereocenters. The van der Waals surface area contributed by atoms with Crippen molar-refractivity contribution >= 4 is 17.6 Å². The van der Waals surface area contributed by atoms with Crippen LogP contribution in [0.15, 0.2) is 29.3 Å². The van der Waals surface area contributed by atoms with Gasteiger partial charge < -0.3 is 25.2 Å². The molecule has 0 amide bonds. The van der Waals surface area contributed by atoms with Crippen LogP contribution in [-0.2, 0) is 4.74 Å². The molecule has 0 saturated carbocycles. The Kier molecular flexibility index (Phi) is 7.81. The van der Waals surface area contributed by atoms with Crippen molar-refractivity contribution in [3.63, 3.8) is 0 Å². The van der Waals surface area contributed by atoms with E-state index in [1.165, 1.54) is 0 Å². The van der Waals surface area contributed by atoms with Crippen LogP contribution in [0.2, 0.25) is 5.02 Å². The molecule has 1 aromatic carbocycles. The maximum absolute atomic E-state index is 9.29. The Morgan fingerprint density at radius 2 is 2.16 bits per heavy atom. The predicted molar refractivity (Wildman–Crippen MR) is 100 cm³/mol. The molecular weight excluding hydrogens is 342 g/mol. The van der Waals surface area contributed by atoms with Crippen LogP contribution >= 0.6 is 11.6 Å². The first kappa shape index (κ1) is 19.8. The second kappa shape index (κ2) is 9.85. The highest BCUT2D eigenvalue weighted by Gasteiger charge is 2.34. The van der Waals surface area contributed by atoms with Gasteiger partial charge in [-0.05, 0) is 44.0 Å². The molecule has 25 heavy (non-hydrogen) atoms. The fraction of sp³-hybridized carbons (Fsp3) is 0.611. The Bertz CT molecular complexity index is 545. The van der Waals surface area contributed by atoms with E-state index in [0.717, 1.165) is 37.7 Å². The van der Waals surface area contributed by atoms with Crippen molar-refractivity contribution in [1.29, 1.82) is 0 Å². The van der Waals surface area contributed by atoms with Gasteiger partial charge in [-0.25, -0.2) is 0 Å². The van der Waals surface area contributed by atoms with Crippen LogP contribution in [0.3, 0.4) is 0 Å². The van der Waals surface area contributed by atoms with E-state index in [1.54, 1.807) is 7.05 Å². The summed E-state index contributed by atoms with van der Waals surface area (Å²) in [7, 11) is 1.74. The zero-order valence-electron chi connectivity index (χ0n) is 14.9. The van der Waals surface area contributed by atoms with Crippen molar-refractivity contribution in [2.24, 2.45) is 10.4 Å². The summed E-state index contributed by atoms with van der Waals surface area (Å²) in [6.45, 7) is 4.93. The molecule has 0 aromatic heterocycles. The zero-order chi connectivity index (χ0) is 18.1. The van der Waals surface area contributed by atoms with Gasteiger partial charge in [0.25, 0.3) is 0 Å². The Hall–Kier alpha value is -1.50. The average Bonchev–Trinajstić information content (AvgIpc) is 3.06. The Morgan fingerprint density at radius 1 is 1.40 bits per heavy atom. The van der Waals surface area contributed by atoms with E-state index < -0.39 is 0 Å². The number of aliphatic hydroxyl groups excluding tert-OH is 1. The number of hydrogen-bond donors (Lipinski definition) is 3. The smallest absolute Gasteiger partial charge is 0.191 e. The number of benzene rings is 1. The van der Waals surface area contributed by atoms with Crippen LogP contribution in [-0.4, -0.2) is 57.1 Å². The number of rotatable bonds is 8. The highest BCUT2D eigenvalue weighted by Crippen LogP contribution is 2.31. The molecule has 1 heterocycles. The van der Waals surface area contributed by atoms with Crippen molar-refractivity contribution in [2.45, 2.75) is 25.9 Å². The number of aliphatic hydroxyl groups is 1. The molecule has 140 valence electrons. The molecule has 1 aromatic rings. The van der Waals surface area contributed by atoms with Crippen LogP contribution in [0, 0.1) is 5.41 Å². The summed E-state index contributed by atoms with van der Waals surface area (Å²) >= 11 is 5.88. The number of ether oxygens (including phenoxy) is 2. The molecule has 1 fully saturated rings. The molecule has 6 nitrogen and oxygen atoms in total. The fourth-order valence-electron chi connectivity index (χ4n) is 2.83.